The lowest BCUT2D eigenvalue weighted by atomic mass is 9.84. The maximum Gasteiger partial charge on any atom is 0.342 e. The summed E-state index contributed by atoms with van der Waals surface area (Å²) in [7, 11) is 0. The van der Waals surface area contributed by atoms with E-state index in [4.69, 9.17) is 4.74 Å². The molecule has 5 nitrogen and oxygen atoms in total. The van der Waals surface area contributed by atoms with Crippen molar-refractivity contribution in [2.45, 2.75) is 31.9 Å². The summed E-state index contributed by atoms with van der Waals surface area (Å²) in [6.45, 7) is 2.73. The molecule has 0 radical (unpaired) electrons. The van der Waals surface area contributed by atoms with Crippen molar-refractivity contribution < 1.29 is 14.7 Å². The molecule has 4 rings (SSSR count). The highest BCUT2D eigenvalue weighted by atomic mass is 16.5. The fourth-order valence-electron chi connectivity index (χ4n) is 3.76. The Hall–Kier alpha value is -2.30. The summed E-state index contributed by atoms with van der Waals surface area (Å²) in [4.78, 5) is 14.3. The van der Waals surface area contributed by atoms with Crippen molar-refractivity contribution in [1.82, 2.24) is 4.90 Å². The predicted molar refractivity (Wildman–Crippen MR) is 76.0 cm³/mol. The zero-order valence-corrected chi connectivity index (χ0v) is 11.7. The van der Waals surface area contributed by atoms with Gasteiger partial charge in [0.05, 0.1) is 17.5 Å². The van der Waals surface area contributed by atoms with E-state index in [2.05, 4.69) is 22.2 Å². The van der Waals surface area contributed by atoms with E-state index in [0.29, 0.717) is 17.7 Å². The molecular weight excluding hydrogens is 268 g/mol. The number of carbonyl (C=O) groups excluding carboxylic acids is 1. The standard InChI is InChI=1S/C16H16N2O3/c1-9-15-14(16(19)21-9)12(17-20)8-13-11-5-3-2-4-10(11)6-7-18(13)15/h2-5,9,13,20H,6-8H2,1H3/t9-,13?/m1/s1. The van der Waals surface area contributed by atoms with E-state index in [9.17, 15) is 10.0 Å². The number of oxime groups is 1. The van der Waals surface area contributed by atoms with E-state index < -0.39 is 0 Å². The molecule has 0 saturated carbocycles. The van der Waals surface area contributed by atoms with Crippen LogP contribution in [0.1, 0.15) is 30.5 Å². The Morgan fingerprint density at radius 2 is 2.19 bits per heavy atom. The van der Waals surface area contributed by atoms with Crippen molar-refractivity contribution in [1.29, 1.82) is 0 Å². The predicted octanol–water partition coefficient (Wildman–Crippen LogP) is 2.02. The van der Waals surface area contributed by atoms with Crippen LogP contribution in [0.15, 0.2) is 40.7 Å². The van der Waals surface area contributed by atoms with E-state index in [1.807, 2.05) is 19.1 Å². The Labute approximate surface area is 122 Å². The lowest BCUT2D eigenvalue weighted by Gasteiger charge is -2.43. The number of benzene rings is 1. The van der Waals surface area contributed by atoms with Gasteiger partial charge in [0, 0.05) is 13.0 Å². The molecular formula is C16H16N2O3. The third-order valence-electron chi connectivity index (χ3n) is 4.65. The SMILES string of the molecule is C[C@H]1OC(=O)C2=C1N1CCc3ccccc3C1CC2=NO. The first kappa shape index (κ1) is 12.4. The van der Waals surface area contributed by atoms with Crippen LogP contribution in [0.25, 0.3) is 0 Å². The Balaban J connectivity index is 1.88. The lowest BCUT2D eigenvalue weighted by Crippen LogP contribution is -2.42. The van der Waals surface area contributed by atoms with Gasteiger partial charge in [0.1, 0.15) is 11.7 Å². The molecule has 5 heteroatoms. The number of carbonyl (C=O) groups is 1. The normalized spacial score (nSPS) is 29.1. The maximum absolute atomic E-state index is 12.0. The minimum Gasteiger partial charge on any atom is -0.453 e. The number of ether oxygens (including phenoxy) is 1. The monoisotopic (exact) mass is 284 g/mol. The summed E-state index contributed by atoms with van der Waals surface area (Å²) in [6.07, 6.45) is 1.21. The smallest absolute Gasteiger partial charge is 0.342 e. The summed E-state index contributed by atoms with van der Waals surface area (Å²) >= 11 is 0. The molecule has 3 heterocycles. The molecule has 108 valence electrons. The molecule has 1 aromatic carbocycles. The van der Waals surface area contributed by atoms with E-state index in [-0.39, 0.29) is 18.1 Å². The molecule has 0 aliphatic carbocycles. The Kier molecular flexibility index (Phi) is 2.58. The average Bonchev–Trinajstić information content (AvgIpc) is 2.81. The summed E-state index contributed by atoms with van der Waals surface area (Å²) < 4.78 is 5.33. The first-order valence-corrected chi connectivity index (χ1v) is 7.21. The molecule has 2 atom stereocenters. The zero-order chi connectivity index (χ0) is 14.6. The van der Waals surface area contributed by atoms with Gasteiger partial charge in [-0.1, -0.05) is 29.4 Å². The van der Waals surface area contributed by atoms with Crippen molar-refractivity contribution in [3.63, 3.8) is 0 Å². The van der Waals surface area contributed by atoms with Crippen LogP contribution in [0.3, 0.4) is 0 Å². The van der Waals surface area contributed by atoms with Gasteiger partial charge in [-0.2, -0.15) is 0 Å². The van der Waals surface area contributed by atoms with Gasteiger partial charge >= 0.3 is 5.97 Å². The van der Waals surface area contributed by atoms with Gasteiger partial charge in [-0.05, 0) is 24.5 Å². The van der Waals surface area contributed by atoms with Crippen LogP contribution >= 0.6 is 0 Å². The fourth-order valence-corrected chi connectivity index (χ4v) is 3.76. The van der Waals surface area contributed by atoms with Crippen molar-refractivity contribution in [3.05, 3.63) is 46.7 Å². The second-order valence-electron chi connectivity index (χ2n) is 5.72. The van der Waals surface area contributed by atoms with Crippen LogP contribution in [0.2, 0.25) is 0 Å². The van der Waals surface area contributed by atoms with Crippen LogP contribution in [0, 0.1) is 0 Å². The second kappa shape index (κ2) is 4.35. The highest BCUT2D eigenvalue weighted by Gasteiger charge is 2.45. The molecule has 1 N–H and O–H groups in total. The first-order valence-electron chi connectivity index (χ1n) is 7.21. The van der Waals surface area contributed by atoms with Crippen LogP contribution in [0.5, 0.6) is 0 Å². The number of esters is 1. The number of hydrogen-bond donors (Lipinski definition) is 1. The summed E-state index contributed by atoms with van der Waals surface area (Å²) in [5, 5.41) is 12.7. The fraction of sp³-hybridized carbons (Fsp3) is 0.375. The number of cyclic esters (lactones) is 1. The van der Waals surface area contributed by atoms with Crippen molar-refractivity contribution in [2.24, 2.45) is 5.16 Å². The molecule has 0 bridgehead atoms. The van der Waals surface area contributed by atoms with E-state index in [1.54, 1.807) is 0 Å². The van der Waals surface area contributed by atoms with Crippen molar-refractivity contribution in [2.75, 3.05) is 6.54 Å². The van der Waals surface area contributed by atoms with Gasteiger partial charge in [-0.3, -0.25) is 0 Å². The van der Waals surface area contributed by atoms with Gasteiger partial charge in [-0.15, -0.1) is 0 Å². The summed E-state index contributed by atoms with van der Waals surface area (Å²) in [5.41, 5.74) is 4.36. The average molecular weight is 284 g/mol. The van der Waals surface area contributed by atoms with E-state index in [1.165, 1.54) is 11.1 Å². The number of nitrogens with zero attached hydrogens (tertiary/aromatic N) is 2. The molecule has 3 aliphatic rings. The van der Waals surface area contributed by atoms with Gasteiger partial charge in [-0.25, -0.2) is 4.79 Å². The van der Waals surface area contributed by atoms with Gasteiger partial charge < -0.3 is 14.8 Å². The van der Waals surface area contributed by atoms with Crippen LogP contribution in [-0.4, -0.2) is 34.4 Å². The zero-order valence-electron chi connectivity index (χ0n) is 11.7. The summed E-state index contributed by atoms with van der Waals surface area (Å²) in [5.74, 6) is -0.373. The van der Waals surface area contributed by atoms with Crippen LogP contribution < -0.4 is 0 Å². The molecule has 0 saturated heterocycles. The molecule has 1 aromatic rings. The van der Waals surface area contributed by atoms with Gasteiger partial charge in [0.2, 0.25) is 0 Å². The highest BCUT2D eigenvalue weighted by molar-refractivity contribution is 6.22. The van der Waals surface area contributed by atoms with Crippen LogP contribution in [-0.2, 0) is 16.0 Å². The maximum atomic E-state index is 12.0. The minimum absolute atomic E-state index is 0.122. The van der Waals surface area contributed by atoms with Crippen LogP contribution in [0.4, 0.5) is 0 Å². The minimum atomic E-state index is -0.373. The molecule has 0 fully saturated rings. The third-order valence-corrected chi connectivity index (χ3v) is 4.65. The molecule has 0 amide bonds. The third kappa shape index (κ3) is 1.63. The lowest BCUT2D eigenvalue weighted by molar-refractivity contribution is -0.138. The number of hydrogen-bond acceptors (Lipinski definition) is 5. The molecule has 1 unspecified atom stereocenters. The van der Waals surface area contributed by atoms with E-state index >= 15 is 0 Å². The molecule has 0 spiro atoms. The topological polar surface area (TPSA) is 62.1 Å². The number of rotatable bonds is 0. The summed E-state index contributed by atoms with van der Waals surface area (Å²) in [6, 6.07) is 8.47. The largest absolute Gasteiger partial charge is 0.453 e. The Morgan fingerprint density at radius 3 is 3.00 bits per heavy atom. The molecule has 21 heavy (non-hydrogen) atoms. The van der Waals surface area contributed by atoms with Gasteiger partial charge in [0.15, 0.2) is 0 Å². The second-order valence-corrected chi connectivity index (χ2v) is 5.72. The number of fused-ring (bicyclic) bond motifs is 4. The van der Waals surface area contributed by atoms with Gasteiger partial charge in [0.25, 0.3) is 0 Å². The molecule has 0 aromatic heterocycles. The van der Waals surface area contributed by atoms with Crippen molar-refractivity contribution in [3.8, 4) is 0 Å². The Bertz CT molecular complexity index is 693. The van der Waals surface area contributed by atoms with Crippen molar-refractivity contribution >= 4 is 11.7 Å². The quantitative estimate of drug-likeness (QED) is 0.450. The highest BCUT2D eigenvalue weighted by Crippen LogP contribution is 2.43. The van der Waals surface area contributed by atoms with E-state index in [0.717, 1.165) is 18.7 Å². The molecule has 3 aliphatic heterocycles. The first-order chi connectivity index (χ1) is 10.2. The Morgan fingerprint density at radius 1 is 1.38 bits per heavy atom.